The van der Waals surface area contributed by atoms with Gasteiger partial charge in [-0.1, -0.05) is 0 Å². The lowest BCUT2D eigenvalue weighted by atomic mass is 9.77. The van der Waals surface area contributed by atoms with Gasteiger partial charge in [0.2, 0.25) is 5.95 Å². The Bertz CT molecular complexity index is 891. The molecule has 3 heterocycles. The van der Waals surface area contributed by atoms with Crippen LogP contribution in [0.15, 0.2) is 18.6 Å². The van der Waals surface area contributed by atoms with E-state index in [1.165, 1.54) is 24.1 Å². The van der Waals surface area contributed by atoms with E-state index in [2.05, 4.69) is 20.2 Å². The minimum Gasteiger partial charge on any atom is -0.391 e. The van der Waals surface area contributed by atoms with Gasteiger partial charge >= 0.3 is 0 Å². The molecule has 2 fully saturated rings. The first-order valence-corrected chi connectivity index (χ1v) is 11.1. The predicted octanol–water partition coefficient (Wildman–Crippen LogP) is 1.90. The smallest absolute Gasteiger partial charge is 0.227 e. The normalized spacial score (nSPS) is 28.0. The van der Waals surface area contributed by atoms with E-state index in [-0.39, 0.29) is 12.1 Å². The van der Waals surface area contributed by atoms with Crippen molar-refractivity contribution in [2.24, 2.45) is 11.8 Å². The predicted molar refractivity (Wildman–Crippen MR) is 117 cm³/mol. The van der Waals surface area contributed by atoms with Gasteiger partial charge in [0.25, 0.3) is 0 Å². The number of hydrogen-bond donors (Lipinski definition) is 2. The van der Waals surface area contributed by atoms with Crippen LogP contribution in [-0.2, 0) is 12.8 Å². The number of nitrogens with one attached hydrogen (secondary N) is 1. The summed E-state index contributed by atoms with van der Waals surface area (Å²) in [4.78, 5) is 22.7. The van der Waals surface area contributed by atoms with Crippen LogP contribution in [0, 0.1) is 11.8 Å². The van der Waals surface area contributed by atoms with E-state index in [0.29, 0.717) is 11.8 Å². The van der Waals surface area contributed by atoms with Gasteiger partial charge in [-0.25, -0.2) is 9.97 Å². The number of aliphatic hydroxyl groups excluding tert-OH is 1. The lowest BCUT2D eigenvalue weighted by Crippen LogP contribution is -2.43. The van der Waals surface area contributed by atoms with Crippen LogP contribution < -0.4 is 15.1 Å². The Labute approximate surface area is 177 Å². The lowest BCUT2D eigenvalue weighted by molar-refractivity contribution is 0.0737. The monoisotopic (exact) mass is 409 g/mol. The molecule has 30 heavy (non-hydrogen) atoms. The van der Waals surface area contributed by atoms with E-state index in [1.54, 1.807) is 18.6 Å². The average Bonchev–Trinajstić information content (AvgIpc) is 3.16. The summed E-state index contributed by atoms with van der Waals surface area (Å²) in [7, 11) is 4.02. The van der Waals surface area contributed by atoms with Crippen molar-refractivity contribution < 1.29 is 5.11 Å². The molecule has 5 rings (SSSR count). The maximum Gasteiger partial charge on any atom is 0.227 e. The molecule has 8 heteroatoms. The van der Waals surface area contributed by atoms with Gasteiger partial charge in [0.05, 0.1) is 24.0 Å². The highest BCUT2D eigenvalue weighted by molar-refractivity contribution is 5.55. The van der Waals surface area contributed by atoms with Crippen molar-refractivity contribution in [3.8, 4) is 0 Å². The van der Waals surface area contributed by atoms with Gasteiger partial charge in [0, 0.05) is 45.1 Å². The van der Waals surface area contributed by atoms with Crippen LogP contribution in [0.5, 0.6) is 0 Å². The second-order valence-corrected chi connectivity index (χ2v) is 9.18. The second-order valence-electron chi connectivity index (χ2n) is 9.18. The third-order valence-electron chi connectivity index (χ3n) is 6.89. The molecular weight excluding hydrogens is 378 g/mol. The number of aryl methyl sites for hydroxylation is 1. The fourth-order valence-corrected chi connectivity index (χ4v) is 5.35. The van der Waals surface area contributed by atoms with Crippen LogP contribution in [0.25, 0.3) is 0 Å². The van der Waals surface area contributed by atoms with E-state index >= 15 is 0 Å². The summed E-state index contributed by atoms with van der Waals surface area (Å²) in [5, 5.41) is 14.2. The zero-order valence-electron chi connectivity index (χ0n) is 17.8. The maximum absolute atomic E-state index is 10.8. The van der Waals surface area contributed by atoms with Crippen LogP contribution in [0.1, 0.15) is 36.9 Å². The minimum absolute atomic E-state index is 0.0135. The standard InChI is InChI=1S/C22H31N7O/c1-28(2)22-26-17-6-4-3-5-16(17)21(27-22)29-12-14-9-18(19(30)10-15(14)13-29)25-20-11-23-7-8-24-20/h7-8,11,14-15,18-19,30H,3-6,9-10,12-13H2,1-2H3,(H,24,25)/t14-,15+,18-,19-/m1/s1. The SMILES string of the molecule is CN(C)c1nc2c(c(N3C[C@H]4C[C@@H](Nc5cnccn5)[C@H](O)C[C@H]4C3)n1)CCCC2. The fraction of sp³-hybridized carbons (Fsp3) is 0.636. The van der Waals surface area contributed by atoms with Crippen molar-refractivity contribution in [1.82, 2.24) is 19.9 Å². The summed E-state index contributed by atoms with van der Waals surface area (Å²) in [6.07, 6.45) is 11.0. The lowest BCUT2D eigenvalue weighted by Gasteiger charge is -2.35. The number of hydrogen-bond acceptors (Lipinski definition) is 8. The van der Waals surface area contributed by atoms with Crippen LogP contribution in [0.2, 0.25) is 0 Å². The van der Waals surface area contributed by atoms with Gasteiger partial charge in [0.15, 0.2) is 0 Å². The summed E-state index contributed by atoms with van der Waals surface area (Å²) in [5.74, 6) is 3.71. The molecule has 2 aromatic heterocycles. The number of anilines is 3. The van der Waals surface area contributed by atoms with Gasteiger partial charge in [0.1, 0.15) is 11.6 Å². The molecule has 160 valence electrons. The minimum atomic E-state index is -0.371. The van der Waals surface area contributed by atoms with Crippen molar-refractivity contribution in [1.29, 1.82) is 0 Å². The molecule has 4 atom stereocenters. The molecule has 0 radical (unpaired) electrons. The quantitative estimate of drug-likeness (QED) is 0.791. The third kappa shape index (κ3) is 3.69. The number of aliphatic hydroxyl groups is 1. The van der Waals surface area contributed by atoms with Gasteiger partial charge in [-0.15, -0.1) is 0 Å². The topological polar surface area (TPSA) is 90.3 Å². The molecule has 0 spiro atoms. The largest absolute Gasteiger partial charge is 0.391 e. The van der Waals surface area contributed by atoms with E-state index in [0.717, 1.165) is 56.4 Å². The van der Waals surface area contributed by atoms with Crippen molar-refractivity contribution in [3.05, 3.63) is 29.8 Å². The maximum atomic E-state index is 10.8. The average molecular weight is 410 g/mol. The zero-order chi connectivity index (χ0) is 20.7. The zero-order valence-corrected chi connectivity index (χ0v) is 17.8. The van der Waals surface area contributed by atoms with Gasteiger partial charge in [-0.2, -0.15) is 4.98 Å². The number of rotatable bonds is 4. The molecule has 1 saturated carbocycles. The molecule has 1 saturated heterocycles. The first-order chi connectivity index (χ1) is 14.6. The molecule has 2 aromatic rings. The molecule has 8 nitrogen and oxygen atoms in total. The van der Waals surface area contributed by atoms with Crippen LogP contribution in [-0.4, -0.2) is 64.4 Å². The van der Waals surface area contributed by atoms with Gasteiger partial charge < -0.3 is 20.2 Å². The fourth-order valence-electron chi connectivity index (χ4n) is 5.35. The van der Waals surface area contributed by atoms with Crippen LogP contribution in [0.4, 0.5) is 17.6 Å². The van der Waals surface area contributed by atoms with Gasteiger partial charge in [-0.3, -0.25) is 4.98 Å². The van der Waals surface area contributed by atoms with Crippen molar-refractivity contribution in [2.75, 3.05) is 42.3 Å². The summed E-state index contributed by atoms with van der Waals surface area (Å²) in [6.45, 7) is 1.96. The molecule has 0 aromatic carbocycles. The first kappa shape index (κ1) is 19.5. The van der Waals surface area contributed by atoms with E-state index < -0.39 is 0 Å². The number of aromatic nitrogens is 4. The molecule has 3 aliphatic rings. The Morgan fingerprint density at radius 3 is 2.63 bits per heavy atom. The van der Waals surface area contributed by atoms with Crippen LogP contribution in [0.3, 0.4) is 0 Å². The Morgan fingerprint density at radius 1 is 1.07 bits per heavy atom. The van der Waals surface area contributed by atoms with Gasteiger partial charge in [-0.05, 0) is 50.4 Å². The molecule has 2 N–H and O–H groups in total. The van der Waals surface area contributed by atoms with Crippen molar-refractivity contribution >= 4 is 17.6 Å². The molecule has 0 bridgehead atoms. The second kappa shape index (κ2) is 7.98. The molecule has 2 aliphatic carbocycles. The highest BCUT2D eigenvalue weighted by Crippen LogP contribution is 2.41. The number of fused-ring (bicyclic) bond motifs is 2. The van der Waals surface area contributed by atoms with Crippen LogP contribution >= 0.6 is 0 Å². The van der Waals surface area contributed by atoms with E-state index in [4.69, 9.17) is 9.97 Å². The Morgan fingerprint density at radius 2 is 1.87 bits per heavy atom. The highest BCUT2D eigenvalue weighted by atomic mass is 16.3. The molecule has 0 unspecified atom stereocenters. The first-order valence-electron chi connectivity index (χ1n) is 11.1. The Kier molecular flexibility index (Phi) is 5.18. The Hall–Kier alpha value is -2.48. The summed E-state index contributed by atoms with van der Waals surface area (Å²) in [6, 6.07) is 0.0135. The summed E-state index contributed by atoms with van der Waals surface area (Å²) in [5.41, 5.74) is 2.58. The highest BCUT2D eigenvalue weighted by Gasteiger charge is 2.43. The molecular formula is C22H31N7O. The van der Waals surface area contributed by atoms with E-state index in [1.807, 2.05) is 19.0 Å². The summed E-state index contributed by atoms with van der Waals surface area (Å²) < 4.78 is 0. The Balaban J connectivity index is 1.36. The van der Waals surface area contributed by atoms with Crippen molar-refractivity contribution in [3.63, 3.8) is 0 Å². The van der Waals surface area contributed by atoms with Crippen molar-refractivity contribution in [2.45, 2.75) is 50.7 Å². The third-order valence-corrected chi connectivity index (χ3v) is 6.89. The summed E-state index contributed by atoms with van der Waals surface area (Å²) >= 11 is 0. The molecule has 0 amide bonds. The number of nitrogens with zero attached hydrogens (tertiary/aromatic N) is 6. The van der Waals surface area contributed by atoms with E-state index in [9.17, 15) is 5.11 Å². The molecule has 1 aliphatic heterocycles.